The van der Waals surface area contributed by atoms with Crippen LogP contribution >= 0.6 is 11.6 Å². The number of carbonyl (C=O) groups is 1. The van der Waals surface area contributed by atoms with Gasteiger partial charge in [-0.2, -0.15) is 0 Å². The Labute approximate surface area is 245 Å². The summed E-state index contributed by atoms with van der Waals surface area (Å²) in [6.45, 7) is 1.91. The molecule has 0 aliphatic heterocycles. The third-order valence-electron chi connectivity index (χ3n) is 6.74. The minimum atomic E-state index is -4.27. The van der Waals surface area contributed by atoms with Crippen molar-refractivity contribution >= 4 is 44.0 Å². The number of carbonyl (C=O) groups excluding carboxylic acids is 1. The molecule has 0 saturated carbocycles. The number of hydrogen-bond donors (Lipinski definition) is 1. The van der Waals surface area contributed by atoms with Crippen LogP contribution in [0.5, 0.6) is 17.2 Å². The largest absolute Gasteiger partial charge is 0.495 e. The molecular formula is C31H33ClN2O6S. The van der Waals surface area contributed by atoms with Gasteiger partial charge in [0.25, 0.3) is 10.0 Å². The van der Waals surface area contributed by atoms with E-state index in [2.05, 4.69) is 29.6 Å². The quantitative estimate of drug-likeness (QED) is 0.225. The molecule has 10 heteroatoms. The minimum absolute atomic E-state index is 0.0886. The number of benzene rings is 4. The number of sulfonamides is 1. The Hall–Kier alpha value is -3.95. The summed E-state index contributed by atoms with van der Waals surface area (Å²) in [7, 11) is 0.0250. The number of halogens is 1. The van der Waals surface area contributed by atoms with Crippen LogP contribution in [-0.2, 0) is 21.2 Å². The van der Waals surface area contributed by atoms with Gasteiger partial charge in [0, 0.05) is 17.6 Å². The molecule has 8 nitrogen and oxygen atoms in total. The lowest BCUT2D eigenvalue weighted by molar-refractivity contribution is -0.119. The highest BCUT2D eigenvalue weighted by Gasteiger charge is 2.31. The number of nitrogens with one attached hydrogen (secondary N) is 1. The predicted octanol–water partition coefficient (Wildman–Crippen LogP) is 5.71. The molecule has 1 unspecified atom stereocenters. The Bertz CT molecular complexity index is 1640. The third-order valence-corrected chi connectivity index (χ3v) is 8.73. The van der Waals surface area contributed by atoms with E-state index in [1.165, 1.54) is 56.5 Å². The van der Waals surface area contributed by atoms with Crippen molar-refractivity contribution in [1.82, 2.24) is 5.32 Å². The van der Waals surface area contributed by atoms with Gasteiger partial charge in [-0.25, -0.2) is 8.42 Å². The minimum Gasteiger partial charge on any atom is -0.495 e. The molecule has 4 aromatic rings. The second-order valence-corrected chi connectivity index (χ2v) is 11.9. The van der Waals surface area contributed by atoms with E-state index in [9.17, 15) is 13.2 Å². The summed E-state index contributed by atoms with van der Waals surface area (Å²) in [4.78, 5) is 13.2. The summed E-state index contributed by atoms with van der Waals surface area (Å²) in [5.74, 6) is 0.479. The molecule has 1 atom stereocenters. The predicted molar refractivity (Wildman–Crippen MR) is 162 cm³/mol. The number of rotatable bonds is 12. The number of methoxy groups -OCH3 is 3. The van der Waals surface area contributed by atoms with Gasteiger partial charge < -0.3 is 19.5 Å². The van der Waals surface area contributed by atoms with Crippen molar-refractivity contribution in [3.63, 3.8) is 0 Å². The van der Waals surface area contributed by atoms with Gasteiger partial charge in [0.15, 0.2) is 11.5 Å². The fourth-order valence-corrected chi connectivity index (χ4v) is 6.26. The van der Waals surface area contributed by atoms with Crippen molar-refractivity contribution in [1.29, 1.82) is 0 Å². The van der Waals surface area contributed by atoms with Crippen LogP contribution in [0.4, 0.5) is 5.69 Å². The smallest absolute Gasteiger partial charge is 0.265 e. The molecule has 0 aromatic heterocycles. The maximum Gasteiger partial charge on any atom is 0.265 e. The first-order valence-corrected chi connectivity index (χ1v) is 14.8. The molecule has 0 saturated heterocycles. The zero-order chi connectivity index (χ0) is 29.6. The number of hydrogen-bond acceptors (Lipinski definition) is 6. The molecule has 1 N–H and O–H groups in total. The maximum absolute atomic E-state index is 14.0. The highest BCUT2D eigenvalue weighted by atomic mass is 35.5. The topological polar surface area (TPSA) is 94.2 Å². The summed E-state index contributed by atoms with van der Waals surface area (Å²) in [6.07, 6.45) is 0.747. The lowest BCUT2D eigenvalue weighted by Crippen LogP contribution is -2.42. The average Bonchev–Trinajstić information content (AvgIpc) is 2.98. The Morgan fingerprint density at radius 1 is 0.878 bits per heavy atom. The summed E-state index contributed by atoms with van der Waals surface area (Å²) in [5.41, 5.74) is 1.32. The number of amides is 1. The average molecular weight is 597 g/mol. The fraction of sp³-hybridized carbons (Fsp3) is 0.258. The molecule has 1 amide bonds. The van der Waals surface area contributed by atoms with Crippen molar-refractivity contribution in [2.24, 2.45) is 5.92 Å². The van der Waals surface area contributed by atoms with Gasteiger partial charge in [-0.05, 0) is 59.0 Å². The monoisotopic (exact) mass is 596 g/mol. The van der Waals surface area contributed by atoms with Gasteiger partial charge in [0.2, 0.25) is 5.91 Å². The van der Waals surface area contributed by atoms with Crippen LogP contribution in [0.25, 0.3) is 10.8 Å². The van der Waals surface area contributed by atoms with Gasteiger partial charge in [-0.3, -0.25) is 9.10 Å². The molecule has 0 fully saturated rings. The van der Waals surface area contributed by atoms with E-state index >= 15 is 0 Å². The SMILES string of the molecule is COc1ccc(S(=O)(=O)N(CC(=O)NCC(C)Cc2cccc3ccccc23)c2cc(Cl)ccc2OC)cc1OC. The zero-order valence-electron chi connectivity index (χ0n) is 23.4. The number of nitrogens with zero attached hydrogens (tertiary/aromatic N) is 1. The molecule has 0 heterocycles. The van der Waals surface area contributed by atoms with E-state index in [-0.39, 0.29) is 33.0 Å². The standard InChI is InChI=1S/C31H33ClN2O6S/c1-21(16-23-10-7-9-22-8-5-6-11-26(22)23)19-33-31(35)20-34(27-17-24(32)12-14-28(27)38-2)41(36,37)25-13-15-29(39-3)30(18-25)40-4/h5-15,17-18,21H,16,19-20H2,1-4H3,(H,33,35). The first-order valence-electron chi connectivity index (χ1n) is 13.0. The van der Waals surface area contributed by atoms with Crippen LogP contribution in [0.2, 0.25) is 5.02 Å². The second kappa shape index (κ2) is 13.1. The molecule has 4 rings (SSSR count). The molecule has 216 valence electrons. The molecular weight excluding hydrogens is 564 g/mol. The van der Waals surface area contributed by atoms with Crippen LogP contribution in [0.1, 0.15) is 12.5 Å². The molecule has 0 spiro atoms. The molecule has 4 aromatic carbocycles. The third kappa shape index (κ3) is 6.86. The summed E-state index contributed by atoms with van der Waals surface area (Å²) in [5, 5.41) is 5.53. The van der Waals surface area contributed by atoms with Crippen LogP contribution in [-0.4, -0.2) is 48.7 Å². The van der Waals surface area contributed by atoms with Crippen molar-refractivity contribution in [3.8, 4) is 17.2 Å². The zero-order valence-corrected chi connectivity index (χ0v) is 25.0. The van der Waals surface area contributed by atoms with Crippen LogP contribution < -0.4 is 23.8 Å². The van der Waals surface area contributed by atoms with E-state index in [4.69, 9.17) is 25.8 Å². The molecule has 0 bridgehead atoms. The van der Waals surface area contributed by atoms with E-state index < -0.39 is 22.5 Å². The number of fused-ring (bicyclic) bond motifs is 1. The molecule has 0 aliphatic rings. The van der Waals surface area contributed by atoms with Gasteiger partial charge in [-0.15, -0.1) is 0 Å². The van der Waals surface area contributed by atoms with Crippen LogP contribution in [0.3, 0.4) is 0 Å². The fourth-order valence-electron chi connectivity index (χ4n) is 4.65. The number of anilines is 1. The molecule has 0 radical (unpaired) electrons. The van der Waals surface area contributed by atoms with Crippen LogP contribution in [0.15, 0.2) is 83.8 Å². The Balaban J connectivity index is 1.58. The Morgan fingerprint density at radius 3 is 2.29 bits per heavy atom. The molecule has 0 aliphatic carbocycles. The van der Waals surface area contributed by atoms with E-state index in [0.717, 1.165) is 16.1 Å². The van der Waals surface area contributed by atoms with Crippen molar-refractivity contribution < 1.29 is 27.4 Å². The maximum atomic E-state index is 14.0. The summed E-state index contributed by atoms with van der Waals surface area (Å²) in [6, 6.07) is 23.2. The summed E-state index contributed by atoms with van der Waals surface area (Å²) >= 11 is 6.24. The van der Waals surface area contributed by atoms with E-state index in [0.29, 0.717) is 12.3 Å². The highest BCUT2D eigenvalue weighted by Crippen LogP contribution is 2.37. The lowest BCUT2D eigenvalue weighted by Gasteiger charge is -2.26. The van der Waals surface area contributed by atoms with E-state index in [1.807, 2.05) is 25.1 Å². The number of ether oxygens (including phenoxy) is 3. The second-order valence-electron chi connectivity index (χ2n) is 9.60. The normalized spacial score (nSPS) is 12.0. The van der Waals surface area contributed by atoms with Crippen molar-refractivity contribution in [2.75, 3.05) is 38.7 Å². The van der Waals surface area contributed by atoms with Gasteiger partial charge in [0.05, 0.1) is 31.9 Å². The first-order chi connectivity index (χ1) is 19.7. The lowest BCUT2D eigenvalue weighted by atomic mass is 9.96. The van der Waals surface area contributed by atoms with Gasteiger partial charge >= 0.3 is 0 Å². The Kier molecular flexibility index (Phi) is 9.62. The van der Waals surface area contributed by atoms with Crippen molar-refractivity contribution in [3.05, 3.63) is 89.4 Å². The summed E-state index contributed by atoms with van der Waals surface area (Å²) < 4.78 is 44.9. The first kappa shape index (κ1) is 30.0. The van der Waals surface area contributed by atoms with Gasteiger partial charge in [0.1, 0.15) is 12.3 Å². The highest BCUT2D eigenvalue weighted by molar-refractivity contribution is 7.92. The van der Waals surface area contributed by atoms with Crippen LogP contribution in [0, 0.1) is 5.92 Å². The van der Waals surface area contributed by atoms with Crippen molar-refractivity contribution in [2.45, 2.75) is 18.2 Å². The Morgan fingerprint density at radius 2 is 1.56 bits per heavy atom. The molecule has 41 heavy (non-hydrogen) atoms. The van der Waals surface area contributed by atoms with Gasteiger partial charge in [-0.1, -0.05) is 61.0 Å². The van der Waals surface area contributed by atoms with E-state index in [1.54, 1.807) is 12.1 Å².